The van der Waals surface area contributed by atoms with Gasteiger partial charge >= 0.3 is 0 Å². The van der Waals surface area contributed by atoms with Crippen molar-refractivity contribution in [2.24, 2.45) is 0 Å². The second kappa shape index (κ2) is 3.79. The first-order valence-electron chi connectivity index (χ1n) is 4.22. The number of pyridine rings is 2. The molecule has 0 unspecified atom stereocenters. The molecule has 0 aromatic carbocycles. The Morgan fingerprint density at radius 3 is 2.57 bits per heavy atom. The van der Waals surface area contributed by atoms with E-state index in [1.165, 1.54) is 0 Å². The zero-order valence-electron chi connectivity index (χ0n) is 7.42. The van der Waals surface area contributed by atoms with Crippen molar-refractivity contribution in [1.29, 1.82) is 0 Å². The Morgan fingerprint density at radius 1 is 1.07 bits per heavy atom. The molecule has 68 valence electrons. The predicted octanol–water partition coefficient (Wildman–Crippen LogP) is 1.96. The summed E-state index contributed by atoms with van der Waals surface area (Å²) in [6, 6.07) is 7.15. The molecule has 2 rings (SSSR count). The van der Waals surface area contributed by atoms with Gasteiger partial charge in [0.25, 0.3) is 0 Å². The molecule has 0 saturated heterocycles. The maximum atomic E-state index is 10.7. The van der Waals surface area contributed by atoms with Crippen LogP contribution in [0.15, 0.2) is 42.9 Å². The van der Waals surface area contributed by atoms with Crippen molar-refractivity contribution in [2.45, 2.75) is 0 Å². The third-order valence-corrected chi connectivity index (χ3v) is 1.92. The average Bonchev–Trinajstić information content (AvgIpc) is 2.30. The van der Waals surface area contributed by atoms with Crippen molar-refractivity contribution in [3.05, 3.63) is 48.4 Å². The number of hydrogen-bond donors (Lipinski definition) is 0. The van der Waals surface area contributed by atoms with Gasteiger partial charge < -0.3 is 0 Å². The maximum Gasteiger partial charge on any atom is 0.152 e. The monoisotopic (exact) mass is 184 g/mol. The lowest BCUT2D eigenvalue weighted by atomic mass is 10.1. The Morgan fingerprint density at radius 2 is 1.86 bits per heavy atom. The molecule has 2 aromatic heterocycles. The first kappa shape index (κ1) is 8.56. The summed E-state index contributed by atoms with van der Waals surface area (Å²) < 4.78 is 0. The van der Waals surface area contributed by atoms with Gasteiger partial charge in [0, 0.05) is 29.7 Å². The van der Waals surface area contributed by atoms with Gasteiger partial charge in [-0.3, -0.25) is 14.8 Å². The average molecular weight is 184 g/mol. The highest BCUT2D eigenvalue weighted by molar-refractivity contribution is 5.85. The van der Waals surface area contributed by atoms with Crippen molar-refractivity contribution in [1.82, 2.24) is 9.97 Å². The summed E-state index contributed by atoms with van der Waals surface area (Å²) in [6.45, 7) is 0. The second-order valence-electron chi connectivity index (χ2n) is 2.79. The van der Waals surface area contributed by atoms with Crippen LogP contribution in [0.25, 0.3) is 11.3 Å². The highest BCUT2D eigenvalue weighted by Crippen LogP contribution is 2.18. The van der Waals surface area contributed by atoms with Crippen LogP contribution < -0.4 is 0 Å². The van der Waals surface area contributed by atoms with Crippen LogP contribution in [0.2, 0.25) is 0 Å². The van der Waals surface area contributed by atoms with E-state index in [-0.39, 0.29) is 0 Å². The van der Waals surface area contributed by atoms with Gasteiger partial charge in [-0.25, -0.2) is 0 Å². The van der Waals surface area contributed by atoms with Crippen LogP contribution >= 0.6 is 0 Å². The number of aldehydes is 1. The van der Waals surface area contributed by atoms with Crippen molar-refractivity contribution in [3.63, 3.8) is 0 Å². The molecule has 0 N–H and O–H groups in total. The summed E-state index contributed by atoms with van der Waals surface area (Å²) in [7, 11) is 0. The molecule has 0 fully saturated rings. The summed E-state index contributed by atoms with van der Waals surface area (Å²) in [5.41, 5.74) is 2.20. The van der Waals surface area contributed by atoms with Crippen LogP contribution in [0.5, 0.6) is 0 Å². The van der Waals surface area contributed by atoms with Gasteiger partial charge in [-0.1, -0.05) is 0 Å². The zero-order chi connectivity index (χ0) is 9.80. The molecule has 0 bridgehead atoms. The fourth-order valence-corrected chi connectivity index (χ4v) is 1.26. The summed E-state index contributed by atoms with van der Waals surface area (Å²) in [6.07, 6.45) is 5.84. The van der Waals surface area contributed by atoms with Gasteiger partial charge in [-0.15, -0.1) is 0 Å². The molecule has 0 saturated carbocycles. The number of hydrogen-bond acceptors (Lipinski definition) is 3. The highest BCUT2D eigenvalue weighted by Gasteiger charge is 2.03. The van der Waals surface area contributed by atoms with Gasteiger partial charge in [0.1, 0.15) is 0 Å². The van der Waals surface area contributed by atoms with E-state index in [0.29, 0.717) is 11.3 Å². The summed E-state index contributed by atoms with van der Waals surface area (Å²) in [5, 5.41) is 0. The van der Waals surface area contributed by atoms with E-state index in [0.717, 1.165) is 11.8 Å². The minimum atomic E-state index is 0.596. The molecule has 0 amide bonds. The van der Waals surface area contributed by atoms with Crippen molar-refractivity contribution in [2.75, 3.05) is 0 Å². The predicted molar refractivity (Wildman–Crippen MR) is 52.9 cm³/mol. The minimum Gasteiger partial charge on any atom is -0.298 e. The normalized spacial score (nSPS) is 9.71. The Kier molecular flexibility index (Phi) is 2.32. The minimum absolute atomic E-state index is 0.596. The van der Waals surface area contributed by atoms with Gasteiger partial charge in [-0.05, 0) is 24.3 Å². The van der Waals surface area contributed by atoms with Crippen LogP contribution in [-0.2, 0) is 0 Å². The summed E-state index contributed by atoms with van der Waals surface area (Å²) in [4.78, 5) is 18.8. The highest BCUT2D eigenvalue weighted by atomic mass is 16.1. The van der Waals surface area contributed by atoms with E-state index in [2.05, 4.69) is 9.97 Å². The molecular weight excluding hydrogens is 176 g/mol. The molecule has 0 radical (unpaired) electrons. The Balaban J connectivity index is 2.57. The largest absolute Gasteiger partial charge is 0.298 e. The van der Waals surface area contributed by atoms with Crippen LogP contribution in [0.3, 0.4) is 0 Å². The first-order valence-corrected chi connectivity index (χ1v) is 4.22. The zero-order valence-corrected chi connectivity index (χ0v) is 7.42. The van der Waals surface area contributed by atoms with Crippen LogP contribution in [0.4, 0.5) is 0 Å². The number of rotatable bonds is 2. The molecule has 0 aliphatic carbocycles. The van der Waals surface area contributed by atoms with Gasteiger partial charge in [0.15, 0.2) is 6.29 Å². The molecule has 0 aliphatic heterocycles. The molecule has 3 heteroatoms. The fraction of sp³-hybridized carbons (Fsp3) is 0. The fourth-order valence-electron chi connectivity index (χ4n) is 1.26. The van der Waals surface area contributed by atoms with Crippen molar-refractivity contribution >= 4 is 6.29 Å². The summed E-state index contributed by atoms with van der Waals surface area (Å²) >= 11 is 0. The third kappa shape index (κ3) is 1.52. The molecule has 2 heterocycles. The first-order chi connectivity index (χ1) is 6.92. The molecule has 2 aromatic rings. The van der Waals surface area contributed by atoms with Crippen molar-refractivity contribution in [3.8, 4) is 11.3 Å². The van der Waals surface area contributed by atoms with Crippen LogP contribution in [0, 0.1) is 0 Å². The quantitative estimate of drug-likeness (QED) is 0.670. The number of carbonyl (C=O) groups excluding carboxylic acids is 1. The van der Waals surface area contributed by atoms with E-state index in [9.17, 15) is 4.79 Å². The van der Waals surface area contributed by atoms with Crippen LogP contribution in [-0.4, -0.2) is 16.3 Å². The molecule has 0 atom stereocenters. The Bertz CT molecular complexity index is 440. The number of nitrogens with zero attached hydrogens (tertiary/aromatic N) is 2. The maximum absolute atomic E-state index is 10.7. The van der Waals surface area contributed by atoms with E-state index in [1.807, 2.05) is 12.1 Å². The molecule has 14 heavy (non-hydrogen) atoms. The van der Waals surface area contributed by atoms with Crippen molar-refractivity contribution < 1.29 is 4.79 Å². The van der Waals surface area contributed by atoms with Gasteiger partial charge in [0.05, 0.1) is 5.69 Å². The van der Waals surface area contributed by atoms with Gasteiger partial charge in [-0.2, -0.15) is 0 Å². The summed E-state index contributed by atoms with van der Waals surface area (Å²) in [5.74, 6) is 0. The lowest BCUT2D eigenvalue weighted by Crippen LogP contribution is -1.90. The number of carbonyl (C=O) groups is 1. The molecular formula is C11H8N2O. The lowest BCUT2D eigenvalue weighted by molar-refractivity contribution is 0.112. The molecule has 0 spiro atoms. The third-order valence-electron chi connectivity index (χ3n) is 1.92. The Labute approximate surface area is 81.5 Å². The number of aromatic nitrogens is 2. The molecule has 0 aliphatic rings. The topological polar surface area (TPSA) is 42.9 Å². The smallest absolute Gasteiger partial charge is 0.152 e. The van der Waals surface area contributed by atoms with E-state index in [1.54, 1.807) is 30.7 Å². The van der Waals surface area contributed by atoms with E-state index < -0.39 is 0 Å². The van der Waals surface area contributed by atoms with E-state index >= 15 is 0 Å². The second-order valence-corrected chi connectivity index (χ2v) is 2.79. The van der Waals surface area contributed by atoms with Crippen LogP contribution in [0.1, 0.15) is 10.4 Å². The van der Waals surface area contributed by atoms with E-state index in [4.69, 9.17) is 0 Å². The Hall–Kier alpha value is -2.03. The van der Waals surface area contributed by atoms with Gasteiger partial charge in [0.2, 0.25) is 0 Å². The lowest BCUT2D eigenvalue weighted by Gasteiger charge is -2.01. The molecule has 3 nitrogen and oxygen atoms in total. The standard InChI is InChI=1S/C11H8N2O/c14-8-10-2-1-5-13-11(10)9-3-6-12-7-4-9/h1-8H. The SMILES string of the molecule is O=Cc1cccnc1-c1ccncc1.